The summed E-state index contributed by atoms with van der Waals surface area (Å²) in [7, 11) is 7.52. The molecule has 0 unspecified atom stereocenters. The molecule has 0 fully saturated rings. The molecule has 2 aromatic heterocycles. The number of methoxy groups -OCH3 is 5. The van der Waals surface area contributed by atoms with Gasteiger partial charge in [0.2, 0.25) is 0 Å². The Labute approximate surface area is 304 Å². The van der Waals surface area contributed by atoms with Gasteiger partial charge < -0.3 is 34.3 Å². The first-order chi connectivity index (χ1) is 22.7. The third kappa shape index (κ3) is 12.3. The van der Waals surface area contributed by atoms with Gasteiger partial charge in [0, 0.05) is 35.7 Å². The number of carboxylic acid groups (broad SMARTS) is 1. The van der Waals surface area contributed by atoms with Gasteiger partial charge >= 0.3 is 30.8 Å². The van der Waals surface area contributed by atoms with Gasteiger partial charge in [-0.3, -0.25) is 0 Å². The Hall–Kier alpha value is -4.88. The number of thioether (sulfide) groups is 2. The summed E-state index contributed by atoms with van der Waals surface area (Å²) in [4.78, 5) is 39.5. The summed E-state index contributed by atoms with van der Waals surface area (Å²) in [5.74, 6) is 12.3. The van der Waals surface area contributed by atoms with Crippen molar-refractivity contribution in [2.45, 2.75) is 10.3 Å². The molecule has 0 amide bonds. The van der Waals surface area contributed by atoms with Crippen molar-refractivity contribution in [1.29, 1.82) is 0 Å². The van der Waals surface area contributed by atoms with Gasteiger partial charge in [-0.2, -0.15) is 0 Å². The van der Waals surface area contributed by atoms with Crippen LogP contribution in [-0.4, -0.2) is 90.5 Å². The minimum Gasteiger partial charge on any atom is -0.870 e. The molecule has 13 nitrogen and oxygen atoms in total. The number of esters is 1. The molecule has 0 aliphatic rings. The van der Waals surface area contributed by atoms with Crippen molar-refractivity contribution in [3.8, 4) is 46.7 Å². The summed E-state index contributed by atoms with van der Waals surface area (Å²) in [6.07, 6.45) is 6.52. The summed E-state index contributed by atoms with van der Waals surface area (Å²) in [6.45, 7) is 0. The van der Waals surface area contributed by atoms with Crippen LogP contribution in [0.3, 0.4) is 0 Å². The van der Waals surface area contributed by atoms with E-state index in [2.05, 4.69) is 43.6 Å². The second kappa shape index (κ2) is 21.2. The molecule has 4 aromatic rings. The maximum Gasteiger partial charge on any atom is 1.00 e. The zero-order valence-electron chi connectivity index (χ0n) is 28.0. The molecule has 0 bridgehead atoms. The van der Waals surface area contributed by atoms with E-state index < -0.39 is 11.9 Å². The molecule has 2 N–H and O–H groups in total. The summed E-state index contributed by atoms with van der Waals surface area (Å²) in [6, 6.07) is 10.5. The fourth-order valence-corrected chi connectivity index (χ4v) is 4.25. The average molecular weight is 699 g/mol. The molecular weight excluding hydrogens is 667 g/mol. The number of hydrogen-bond donors (Lipinski definition) is 1. The predicted octanol–water partition coefficient (Wildman–Crippen LogP) is 1.54. The van der Waals surface area contributed by atoms with Crippen molar-refractivity contribution in [3.63, 3.8) is 0 Å². The van der Waals surface area contributed by atoms with Crippen LogP contribution in [0.25, 0.3) is 0 Å². The SMILES string of the molecule is COC(=O)c1nc(SC)ncc1C#Cc1cc(OC)cc(OC)c1.COc1cc(C#Cc2cnc(SC)nc2C(=O)O)cc(OC)c1.[Li+].[OH-]. The van der Waals surface area contributed by atoms with Gasteiger partial charge in [0.1, 0.15) is 23.0 Å². The van der Waals surface area contributed by atoms with E-state index in [4.69, 9.17) is 23.7 Å². The quantitative estimate of drug-likeness (QED) is 0.0919. The number of nitrogens with zero attached hydrogens (tertiary/aromatic N) is 4. The van der Waals surface area contributed by atoms with Crippen molar-refractivity contribution in [2.24, 2.45) is 0 Å². The molecule has 16 heteroatoms. The van der Waals surface area contributed by atoms with E-state index in [1.54, 1.807) is 71.1 Å². The standard InChI is InChI=1S/C17H16N2O4S.C16H14N2O4S.Li.H2O/c1-21-13-7-11(8-14(9-13)22-2)5-6-12-10-18-17(24-4)19-15(12)16(20)23-3;1-21-12-6-10(7-13(8-12)22-2)4-5-11-9-17-16(23-3)18-14(11)15(19)20;;/h7-10H,1-4H3;6-9H,1-3H3,(H,19,20);;1H2/q;;+1;/p-1. The summed E-state index contributed by atoms with van der Waals surface area (Å²) in [5, 5.41) is 10.1. The molecule has 4 rings (SSSR count). The number of carbonyl (C=O) groups is 2. The number of rotatable bonds is 8. The average Bonchev–Trinajstić information content (AvgIpc) is 3.12. The van der Waals surface area contributed by atoms with Gasteiger partial charge in [-0.15, -0.1) is 0 Å². The van der Waals surface area contributed by atoms with Gasteiger partial charge in [0.15, 0.2) is 21.7 Å². The molecule has 0 saturated carbocycles. The van der Waals surface area contributed by atoms with E-state index in [-0.39, 0.29) is 41.3 Å². The van der Waals surface area contributed by atoms with E-state index in [9.17, 15) is 14.7 Å². The van der Waals surface area contributed by atoms with Crippen molar-refractivity contribution < 1.29 is 62.7 Å². The van der Waals surface area contributed by atoms with Crippen LogP contribution >= 0.6 is 23.5 Å². The van der Waals surface area contributed by atoms with E-state index in [1.807, 2.05) is 6.26 Å². The zero-order chi connectivity index (χ0) is 34.3. The third-order valence-corrected chi connectivity index (χ3v) is 6.99. The molecule has 0 saturated heterocycles. The summed E-state index contributed by atoms with van der Waals surface area (Å²) in [5.41, 5.74) is 1.96. The Morgan fingerprint density at radius 2 is 1.00 bits per heavy atom. The number of benzene rings is 2. The molecule has 0 aliphatic carbocycles. The molecule has 0 aliphatic heterocycles. The van der Waals surface area contributed by atoms with Crippen LogP contribution in [0.1, 0.15) is 43.2 Å². The van der Waals surface area contributed by atoms with Gasteiger partial charge in [-0.25, -0.2) is 29.5 Å². The summed E-state index contributed by atoms with van der Waals surface area (Å²) >= 11 is 2.60. The number of hydrogen-bond acceptors (Lipinski definition) is 14. The van der Waals surface area contributed by atoms with Gasteiger partial charge in [0.05, 0.1) is 46.7 Å². The van der Waals surface area contributed by atoms with Crippen LogP contribution in [0.15, 0.2) is 59.1 Å². The normalized spacial score (nSPS) is 9.29. The number of aromatic carboxylic acids is 1. The second-order valence-corrected chi connectivity index (χ2v) is 10.3. The third-order valence-electron chi connectivity index (χ3n) is 5.87. The molecule has 0 radical (unpaired) electrons. The van der Waals surface area contributed by atoms with Crippen molar-refractivity contribution in [1.82, 2.24) is 19.9 Å². The van der Waals surface area contributed by atoms with E-state index >= 15 is 0 Å². The number of carboxylic acids is 1. The molecule has 0 spiro atoms. The van der Waals surface area contributed by atoms with Crippen molar-refractivity contribution in [3.05, 3.63) is 82.4 Å². The Balaban J connectivity index is 0.000000471. The number of carbonyl (C=O) groups excluding carboxylic acids is 1. The maximum atomic E-state index is 11.9. The Morgan fingerprint density at radius 1 is 0.633 bits per heavy atom. The summed E-state index contributed by atoms with van der Waals surface area (Å²) < 4.78 is 25.5. The minimum atomic E-state index is -1.14. The van der Waals surface area contributed by atoms with Crippen LogP contribution < -0.4 is 37.8 Å². The minimum absolute atomic E-state index is 0. The first kappa shape index (κ1) is 42.1. The Bertz CT molecular complexity index is 1850. The fourth-order valence-electron chi connectivity index (χ4n) is 3.56. The monoisotopic (exact) mass is 698 g/mol. The predicted molar refractivity (Wildman–Crippen MR) is 179 cm³/mol. The van der Waals surface area contributed by atoms with Crippen LogP contribution in [0.5, 0.6) is 23.0 Å². The largest absolute Gasteiger partial charge is 1.00 e. The van der Waals surface area contributed by atoms with E-state index in [1.165, 1.54) is 43.0 Å². The molecule has 250 valence electrons. The van der Waals surface area contributed by atoms with Crippen molar-refractivity contribution >= 4 is 35.5 Å². The molecule has 2 aromatic carbocycles. The van der Waals surface area contributed by atoms with E-state index in [0.717, 1.165) is 0 Å². The maximum absolute atomic E-state index is 11.9. The smallest absolute Gasteiger partial charge is 0.870 e. The van der Waals surface area contributed by atoms with Crippen LogP contribution in [0.4, 0.5) is 0 Å². The van der Waals surface area contributed by atoms with Crippen LogP contribution in [0, 0.1) is 23.7 Å². The molecule has 49 heavy (non-hydrogen) atoms. The second-order valence-electron chi connectivity index (χ2n) is 8.74. The zero-order valence-corrected chi connectivity index (χ0v) is 29.6. The van der Waals surface area contributed by atoms with Crippen molar-refractivity contribution in [2.75, 3.05) is 48.1 Å². The first-order valence-electron chi connectivity index (χ1n) is 13.3. The molecular formula is C33H31LiN4O9S2. The van der Waals surface area contributed by atoms with Gasteiger partial charge in [0.25, 0.3) is 0 Å². The molecule has 0 atom stereocenters. The number of aromatic nitrogens is 4. The van der Waals surface area contributed by atoms with Gasteiger partial charge in [-0.05, 0) is 36.8 Å². The van der Waals surface area contributed by atoms with Crippen LogP contribution in [0.2, 0.25) is 0 Å². The van der Waals surface area contributed by atoms with E-state index in [0.29, 0.717) is 50.0 Å². The Kier molecular flexibility index (Phi) is 18.2. The fraction of sp³-hybridized carbons (Fsp3) is 0.212. The van der Waals surface area contributed by atoms with Gasteiger partial charge in [-0.1, -0.05) is 47.2 Å². The van der Waals surface area contributed by atoms with Crippen LogP contribution in [-0.2, 0) is 4.74 Å². The topological polar surface area (TPSA) is 182 Å². The molecule has 2 heterocycles. The first-order valence-corrected chi connectivity index (χ1v) is 15.8. The number of ether oxygens (including phenoxy) is 5. The Morgan fingerprint density at radius 3 is 1.33 bits per heavy atom.